The van der Waals surface area contributed by atoms with E-state index >= 15 is 0 Å². The summed E-state index contributed by atoms with van der Waals surface area (Å²) in [7, 11) is -3.14. The number of anilines is 2. The third-order valence-electron chi connectivity index (χ3n) is 2.81. The van der Waals surface area contributed by atoms with E-state index in [9.17, 15) is 13.2 Å². The number of hydrogen-bond donors (Lipinski definition) is 2. The minimum absolute atomic E-state index is 0.0552. The van der Waals surface area contributed by atoms with Gasteiger partial charge in [-0.25, -0.2) is 13.4 Å². The first-order valence-electron chi connectivity index (χ1n) is 6.56. The highest BCUT2D eigenvalue weighted by Crippen LogP contribution is 2.27. The molecule has 3 N–H and O–H groups in total. The molecule has 0 spiro atoms. The molecule has 1 amide bonds. The molecular weight excluding hydrogens is 310 g/mol. The van der Waals surface area contributed by atoms with Gasteiger partial charge in [0.25, 0.3) is 0 Å². The summed E-state index contributed by atoms with van der Waals surface area (Å²) in [5.74, 6) is -0.368. The van der Waals surface area contributed by atoms with Crippen molar-refractivity contribution in [2.24, 2.45) is 0 Å². The number of aromatic nitrogens is 1. The number of carbonyl (C=O) groups is 1. The Morgan fingerprint density at radius 1 is 1.38 bits per heavy atom. The lowest BCUT2D eigenvalue weighted by Gasteiger charge is -2.02. The molecule has 2 rings (SSSR count). The van der Waals surface area contributed by atoms with Crippen LogP contribution in [0.4, 0.5) is 10.8 Å². The number of benzene rings is 1. The van der Waals surface area contributed by atoms with E-state index in [1.54, 1.807) is 25.1 Å². The number of nitrogens with zero attached hydrogens (tertiary/aromatic N) is 1. The molecule has 0 aliphatic rings. The minimum atomic E-state index is -3.14. The summed E-state index contributed by atoms with van der Waals surface area (Å²) in [6.45, 7) is 1.80. The van der Waals surface area contributed by atoms with Gasteiger partial charge in [-0.3, -0.25) is 4.79 Å². The van der Waals surface area contributed by atoms with Gasteiger partial charge in [0.15, 0.2) is 15.0 Å². The van der Waals surface area contributed by atoms with E-state index in [-0.39, 0.29) is 23.8 Å². The number of amides is 1. The number of rotatable bonds is 6. The molecule has 0 fully saturated rings. The predicted octanol–water partition coefficient (Wildman–Crippen LogP) is 2.03. The van der Waals surface area contributed by atoms with Gasteiger partial charge in [-0.05, 0) is 24.6 Å². The van der Waals surface area contributed by atoms with Gasteiger partial charge in [0.2, 0.25) is 5.91 Å². The fourth-order valence-electron chi connectivity index (χ4n) is 1.84. The van der Waals surface area contributed by atoms with Crippen LogP contribution >= 0.6 is 11.3 Å². The second-order valence-electron chi connectivity index (χ2n) is 4.70. The lowest BCUT2D eigenvalue weighted by molar-refractivity contribution is -0.115. The average Bonchev–Trinajstić information content (AvgIpc) is 2.77. The van der Waals surface area contributed by atoms with E-state index in [4.69, 9.17) is 5.73 Å². The zero-order valence-electron chi connectivity index (χ0n) is 11.6. The van der Waals surface area contributed by atoms with Crippen LogP contribution in [0.5, 0.6) is 0 Å². The summed E-state index contributed by atoms with van der Waals surface area (Å²) in [6.07, 6.45) is 0.504. The first-order chi connectivity index (χ1) is 9.89. The topological polar surface area (TPSA) is 102 Å². The molecule has 0 aliphatic heterocycles. The van der Waals surface area contributed by atoms with Crippen LogP contribution in [0.3, 0.4) is 0 Å². The monoisotopic (exact) mass is 327 g/mol. The van der Waals surface area contributed by atoms with Gasteiger partial charge in [0.1, 0.15) is 0 Å². The SMILES string of the molecule is CCCS(=O)(=O)CCC(=O)Nc1nc2ccc(N)cc2s1. The molecule has 0 aliphatic carbocycles. The fourth-order valence-corrected chi connectivity index (χ4v) is 4.09. The molecule has 8 heteroatoms. The van der Waals surface area contributed by atoms with Crippen molar-refractivity contribution >= 4 is 48.1 Å². The molecule has 0 atom stereocenters. The summed E-state index contributed by atoms with van der Waals surface area (Å²) in [5, 5.41) is 3.08. The standard InChI is InChI=1S/C13H17N3O3S2/c1-2-6-21(18,19)7-5-12(17)16-13-15-10-4-3-9(14)8-11(10)20-13/h3-4,8H,2,5-7,14H2,1H3,(H,15,16,17). The van der Waals surface area contributed by atoms with Gasteiger partial charge in [-0.1, -0.05) is 18.3 Å². The molecule has 0 radical (unpaired) electrons. The maximum Gasteiger partial charge on any atom is 0.227 e. The quantitative estimate of drug-likeness (QED) is 0.790. The third kappa shape index (κ3) is 4.40. The molecule has 6 nitrogen and oxygen atoms in total. The highest BCUT2D eigenvalue weighted by atomic mass is 32.2. The number of hydrogen-bond acceptors (Lipinski definition) is 6. The minimum Gasteiger partial charge on any atom is -0.399 e. The average molecular weight is 327 g/mol. The maximum absolute atomic E-state index is 11.8. The molecule has 0 saturated carbocycles. The Balaban J connectivity index is 1.98. The van der Waals surface area contributed by atoms with Crippen LogP contribution in [0.15, 0.2) is 18.2 Å². The van der Waals surface area contributed by atoms with Crippen LogP contribution in [-0.2, 0) is 14.6 Å². The fraction of sp³-hybridized carbons (Fsp3) is 0.385. The molecule has 21 heavy (non-hydrogen) atoms. The van der Waals surface area contributed by atoms with Gasteiger partial charge in [-0.2, -0.15) is 0 Å². The van der Waals surface area contributed by atoms with E-state index in [0.717, 1.165) is 10.2 Å². The Bertz CT molecular complexity index is 753. The van der Waals surface area contributed by atoms with E-state index in [1.165, 1.54) is 11.3 Å². The normalized spacial score (nSPS) is 11.7. The molecule has 1 aromatic carbocycles. The molecule has 2 aromatic rings. The Kier molecular flexibility index (Phi) is 4.79. The first-order valence-corrected chi connectivity index (χ1v) is 9.20. The van der Waals surface area contributed by atoms with Gasteiger partial charge in [0.05, 0.1) is 16.0 Å². The Hall–Kier alpha value is -1.67. The Morgan fingerprint density at radius 3 is 2.86 bits per heavy atom. The number of nitrogens with two attached hydrogens (primary N) is 1. The summed E-state index contributed by atoms with van der Waals surface area (Å²) in [5.41, 5.74) is 7.07. The molecular formula is C13H17N3O3S2. The van der Waals surface area contributed by atoms with Crippen molar-refractivity contribution in [1.29, 1.82) is 0 Å². The van der Waals surface area contributed by atoms with Crippen LogP contribution in [-0.4, -0.2) is 30.8 Å². The molecule has 114 valence electrons. The number of nitrogens with one attached hydrogen (secondary N) is 1. The summed E-state index contributed by atoms with van der Waals surface area (Å²) < 4.78 is 24.0. The van der Waals surface area contributed by atoms with Gasteiger partial charge >= 0.3 is 0 Å². The largest absolute Gasteiger partial charge is 0.399 e. The summed E-state index contributed by atoms with van der Waals surface area (Å²) >= 11 is 1.31. The molecule has 1 aromatic heterocycles. The van der Waals surface area contributed by atoms with Crippen molar-refractivity contribution < 1.29 is 13.2 Å². The molecule has 0 saturated heterocycles. The lowest BCUT2D eigenvalue weighted by Crippen LogP contribution is -2.18. The number of fused-ring (bicyclic) bond motifs is 1. The zero-order chi connectivity index (χ0) is 15.5. The lowest BCUT2D eigenvalue weighted by atomic mass is 10.3. The third-order valence-corrected chi connectivity index (χ3v) is 5.60. The second kappa shape index (κ2) is 6.40. The number of thiazole rings is 1. The molecule has 1 heterocycles. The first kappa shape index (κ1) is 15.7. The maximum atomic E-state index is 11.8. The number of sulfone groups is 1. The van der Waals surface area contributed by atoms with Crippen molar-refractivity contribution in [3.63, 3.8) is 0 Å². The van der Waals surface area contributed by atoms with Crippen molar-refractivity contribution in [3.8, 4) is 0 Å². The predicted molar refractivity (Wildman–Crippen MR) is 86.2 cm³/mol. The van der Waals surface area contributed by atoms with Crippen LogP contribution in [0, 0.1) is 0 Å². The molecule has 0 unspecified atom stereocenters. The Morgan fingerprint density at radius 2 is 2.14 bits per heavy atom. The second-order valence-corrected chi connectivity index (χ2v) is 8.03. The Labute approximate surface area is 127 Å². The smallest absolute Gasteiger partial charge is 0.227 e. The van der Waals surface area contributed by atoms with Gasteiger partial charge in [-0.15, -0.1) is 0 Å². The summed E-state index contributed by atoms with van der Waals surface area (Å²) in [4.78, 5) is 16.0. The van der Waals surface area contributed by atoms with Crippen LogP contribution < -0.4 is 11.1 Å². The highest BCUT2D eigenvalue weighted by Gasteiger charge is 2.14. The van der Waals surface area contributed by atoms with Crippen LogP contribution in [0.2, 0.25) is 0 Å². The van der Waals surface area contributed by atoms with Crippen molar-refractivity contribution in [3.05, 3.63) is 18.2 Å². The number of nitrogen functional groups attached to an aromatic ring is 1. The van der Waals surface area contributed by atoms with Crippen molar-refractivity contribution in [2.75, 3.05) is 22.6 Å². The van der Waals surface area contributed by atoms with Gasteiger partial charge < -0.3 is 11.1 Å². The van der Waals surface area contributed by atoms with E-state index in [0.29, 0.717) is 17.2 Å². The van der Waals surface area contributed by atoms with Crippen molar-refractivity contribution in [2.45, 2.75) is 19.8 Å². The van der Waals surface area contributed by atoms with Crippen LogP contribution in [0.25, 0.3) is 10.2 Å². The van der Waals surface area contributed by atoms with Crippen LogP contribution in [0.1, 0.15) is 19.8 Å². The summed E-state index contributed by atoms with van der Waals surface area (Å²) in [6, 6.07) is 5.31. The van der Waals surface area contributed by atoms with E-state index < -0.39 is 9.84 Å². The zero-order valence-corrected chi connectivity index (χ0v) is 13.3. The number of carbonyl (C=O) groups excluding carboxylic acids is 1. The van der Waals surface area contributed by atoms with E-state index in [1.807, 2.05) is 0 Å². The highest BCUT2D eigenvalue weighted by molar-refractivity contribution is 7.91. The van der Waals surface area contributed by atoms with Crippen molar-refractivity contribution in [1.82, 2.24) is 4.98 Å². The van der Waals surface area contributed by atoms with Gasteiger partial charge in [0, 0.05) is 17.9 Å². The van der Waals surface area contributed by atoms with E-state index in [2.05, 4.69) is 10.3 Å². The molecule has 0 bridgehead atoms.